The number of hydrogen-bond donors (Lipinski definition) is 2. The molecule has 2 aromatic rings. The van der Waals surface area contributed by atoms with Crippen LogP contribution in [0.25, 0.3) is 0 Å². The highest BCUT2D eigenvalue weighted by Gasteiger charge is 2.17. The van der Waals surface area contributed by atoms with Gasteiger partial charge < -0.3 is 15.0 Å². The summed E-state index contributed by atoms with van der Waals surface area (Å²) in [5.74, 6) is 1.32. The number of nitrogens with zero attached hydrogens (tertiary/aromatic N) is 2. The van der Waals surface area contributed by atoms with E-state index >= 15 is 0 Å². The van der Waals surface area contributed by atoms with Crippen molar-refractivity contribution in [2.75, 3.05) is 44.3 Å². The molecular formula is C17H24N4O3S. The summed E-state index contributed by atoms with van der Waals surface area (Å²) < 4.78 is 32.8. The Labute approximate surface area is 149 Å². The Morgan fingerprint density at radius 1 is 1.20 bits per heavy atom. The summed E-state index contributed by atoms with van der Waals surface area (Å²) in [5, 5.41) is 3.18. The number of methoxy groups -OCH3 is 1. The molecule has 0 aliphatic carbocycles. The summed E-state index contributed by atoms with van der Waals surface area (Å²) in [5.41, 5.74) is 1.02. The van der Waals surface area contributed by atoms with Gasteiger partial charge >= 0.3 is 0 Å². The molecule has 0 amide bonds. The molecule has 0 aliphatic rings. The van der Waals surface area contributed by atoms with Gasteiger partial charge in [-0.25, -0.2) is 13.4 Å². The maximum Gasteiger partial charge on any atom is 0.262 e. The van der Waals surface area contributed by atoms with E-state index in [0.717, 1.165) is 13.1 Å². The molecule has 0 spiro atoms. The molecule has 136 valence electrons. The number of sulfonamides is 1. The van der Waals surface area contributed by atoms with Crippen LogP contribution in [0.15, 0.2) is 41.4 Å². The van der Waals surface area contributed by atoms with Crippen LogP contribution in [0, 0.1) is 6.92 Å². The lowest BCUT2D eigenvalue weighted by molar-refractivity contribution is 0.414. The number of benzene rings is 1. The van der Waals surface area contributed by atoms with Crippen molar-refractivity contribution < 1.29 is 13.2 Å². The highest BCUT2D eigenvalue weighted by atomic mass is 32.2. The largest absolute Gasteiger partial charge is 0.497 e. The standard InChI is InChI=1S/C17H24N4O3S/c1-13-11-15(24-4)6-7-16(13)25(22,23)20-14-5-8-17(19-12-14)18-9-10-21(2)3/h5-8,11-12,20H,9-10H2,1-4H3,(H,18,19). The predicted octanol–water partition coefficient (Wildman–Crippen LogP) is 2.17. The Balaban J connectivity index is 2.07. The minimum absolute atomic E-state index is 0.210. The summed E-state index contributed by atoms with van der Waals surface area (Å²) >= 11 is 0. The zero-order valence-electron chi connectivity index (χ0n) is 14.9. The number of anilines is 2. The van der Waals surface area contributed by atoms with E-state index in [2.05, 4.69) is 19.9 Å². The molecule has 0 aliphatic heterocycles. The van der Waals surface area contributed by atoms with E-state index in [9.17, 15) is 8.42 Å². The molecule has 0 unspecified atom stereocenters. The number of likely N-dealkylation sites (N-methyl/N-ethyl adjacent to an activating group) is 1. The molecule has 0 bridgehead atoms. The van der Waals surface area contributed by atoms with E-state index in [0.29, 0.717) is 22.8 Å². The van der Waals surface area contributed by atoms with Gasteiger partial charge in [-0.05, 0) is 56.9 Å². The summed E-state index contributed by atoms with van der Waals surface area (Å²) in [7, 11) is 1.85. The summed E-state index contributed by atoms with van der Waals surface area (Å²) in [6, 6.07) is 8.26. The zero-order valence-corrected chi connectivity index (χ0v) is 15.7. The van der Waals surface area contributed by atoms with Gasteiger partial charge in [0.15, 0.2) is 0 Å². The summed E-state index contributed by atoms with van der Waals surface area (Å²) in [6.07, 6.45) is 1.49. The first kappa shape index (κ1) is 19.0. The van der Waals surface area contributed by atoms with Crippen molar-refractivity contribution in [3.05, 3.63) is 42.1 Å². The van der Waals surface area contributed by atoms with E-state index in [4.69, 9.17) is 4.74 Å². The molecule has 0 saturated carbocycles. The van der Waals surface area contributed by atoms with Gasteiger partial charge in [0.1, 0.15) is 11.6 Å². The van der Waals surface area contributed by atoms with Crippen LogP contribution in [0.5, 0.6) is 5.75 Å². The second-order valence-corrected chi connectivity index (χ2v) is 7.55. The minimum Gasteiger partial charge on any atom is -0.497 e. The lowest BCUT2D eigenvalue weighted by Gasteiger charge is -2.13. The van der Waals surface area contributed by atoms with Crippen LogP contribution in [0.2, 0.25) is 0 Å². The number of hydrogen-bond acceptors (Lipinski definition) is 6. The van der Waals surface area contributed by atoms with Gasteiger partial charge in [-0.15, -0.1) is 0 Å². The number of aryl methyl sites for hydroxylation is 1. The minimum atomic E-state index is -3.68. The van der Waals surface area contributed by atoms with Crippen molar-refractivity contribution in [3.63, 3.8) is 0 Å². The van der Waals surface area contributed by atoms with E-state index in [1.165, 1.54) is 12.3 Å². The van der Waals surface area contributed by atoms with Gasteiger partial charge in [-0.3, -0.25) is 4.72 Å². The number of aromatic nitrogens is 1. The Hall–Kier alpha value is -2.32. The molecule has 2 N–H and O–H groups in total. The second kappa shape index (κ2) is 8.17. The molecule has 0 radical (unpaired) electrons. The maximum atomic E-state index is 12.6. The van der Waals surface area contributed by atoms with Gasteiger partial charge in [0.2, 0.25) is 0 Å². The molecule has 1 heterocycles. The third kappa shape index (κ3) is 5.33. The van der Waals surface area contributed by atoms with Crippen LogP contribution in [-0.4, -0.2) is 52.6 Å². The van der Waals surface area contributed by atoms with Crippen molar-refractivity contribution in [2.45, 2.75) is 11.8 Å². The van der Waals surface area contributed by atoms with Crippen molar-refractivity contribution in [2.24, 2.45) is 0 Å². The van der Waals surface area contributed by atoms with E-state index < -0.39 is 10.0 Å². The molecule has 0 fully saturated rings. The normalized spacial score (nSPS) is 11.4. The van der Waals surface area contributed by atoms with Crippen molar-refractivity contribution >= 4 is 21.5 Å². The van der Waals surface area contributed by atoms with Crippen molar-refractivity contribution in [1.29, 1.82) is 0 Å². The molecule has 7 nitrogen and oxygen atoms in total. The first-order valence-electron chi connectivity index (χ1n) is 7.84. The quantitative estimate of drug-likeness (QED) is 0.747. The fourth-order valence-electron chi connectivity index (χ4n) is 2.23. The smallest absolute Gasteiger partial charge is 0.262 e. The average Bonchev–Trinajstić information content (AvgIpc) is 2.55. The van der Waals surface area contributed by atoms with Gasteiger partial charge in [0.05, 0.1) is 23.9 Å². The van der Waals surface area contributed by atoms with Crippen LogP contribution in [0.4, 0.5) is 11.5 Å². The first-order valence-corrected chi connectivity index (χ1v) is 9.32. The van der Waals surface area contributed by atoms with E-state index in [1.807, 2.05) is 14.1 Å². The summed E-state index contributed by atoms with van der Waals surface area (Å²) in [6.45, 7) is 3.37. The molecule has 0 saturated heterocycles. The SMILES string of the molecule is COc1ccc(S(=O)(=O)Nc2ccc(NCCN(C)C)nc2)c(C)c1. The van der Waals surface area contributed by atoms with Crippen molar-refractivity contribution in [3.8, 4) is 5.75 Å². The van der Waals surface area contributed by atoms with Gasteiger partial charge in [0, 0.05) is 13.1 Å². The molecule has 1 aromatic heterocycles. The molecule has 8 heteroatoms. The number of ether oxygens (including phenoxy) is 1. The van der Waals surface area contributed by atoms with Gasteiger partial charge in [-0.1, -0.05) is 0 Å². The zero-order chi connectivity index (χ0) is 18.4. The average molecular weight is 364 g/mol. The highest BCUT2D eigenvalue weighted by molar-refractivity contribution is 7.92. The Kier molecular flexibility index (Phi) is 6.22. The lowest BCUT2D eigenvalue weighted by atomic mass is 10.2. The lowest BCUT2D eigenvalue weighted by Crippen LogP contribution is -2.21. The van der Waals surface area contributed by atoms with Gasteiger partial charge in [0.25, 0.3) is 10.0 Å². The van der Waals surface area contributed by atoms with Gasteiger partial charge in [-0.2, -0.15) is 0 Å². The van der Waals surface area contributed by atoms with Crippen LogP contribution >= 0.6 is 0 Å². The van der Waals surface area contributed by atoms with E-state index in [1.54, 1.807) is 38.3 Å². The first-order chi connectivity index (χ1) is 11.8. The highest BCUT2D eigenvalue weighted by Crippen LogP contribution is 2.23. The van der Waals surface area contributed by atoms with Crippen LogP contribution in [-0.2, 0) is 10.0 Å². The van der Waals surface area contributed by atoms with E-state index in [-0.39, 0.29) is 4.90 Å². The summed E-state index contributed by atoms with van der Waals surface area (Å²) in [4.78, 5) is 6.50. The fourth-order valence-corrected chi connectivity index (χ4v) is 3.50. The third-order valence-corrected chi connectivity index (χ3v) is 5.09. The maximum absolute atomic E-state index is 12.6. The fraction of sp³-hybridized carbons (Fsp3) is 0.353. The van der Waals surface area contributed by atoms with Crippen LogP contribution < -0.4 is 14.8 Å². The van der Waals surface area contributed by atoms with Crippen LogP contribution in [0.3, 0.4) is 0 Å². The number of pyridine rings is 1. The Morgan fingerprint density at radius 3 is 2.52 bits per heavy atom. The predicted molar refractivity (Wildman–Crippen MR) is 99.8 cm³/mol. The number of nitrogens with one attached hydrogen (secondary N) is 2. The molecule has 25 heavy (non-hydrogen) atoms. The topological polar surface area (TPSA) is 83.6 Å². The van der Waals surface area contributed by atoms with Crippen molar-refractivity contribution in [1.82, 2.24) is 9.88 Å². The second-order valence-electron chi connectivity index (χ2n) is 5.90. The Morgan fingerprint density at radius 2 is 1.96 bits per heavy atom. The number of rotatable bonds is 8. The Bertz CT molecular complexity index is 805. The third-order valence-electron chi connectivity index (χ3n) is 3.55. The monoisotopic (exact) mass is 364 g/mol. The molecule has 0 atom stereocenters. The molecular weight excluding hydrogens is 340 g/mol. The molecule has 2 rings (SSSR count). The molecule has 1 aromatic carbocycles. The van der Waals surface area contributed by atoms with Crippen LogP contribution in [0.1, 0.15) is 5.56 Å².